The second-order valence-corrected chi connectivity index (χ2v) is 5.92. The van der Waals surface area contributed by atoms with E-state index in [2.05, 4.69) is 6.92 Å². The van der Waals surface area contributed by atoms with E-state index in [-0.39, 0.29) is 5.92 Å². The zero-order chi connectivity index (χ0) is 14.7. The highest BCUT2D eigenvalue weighted by Crippen LogP contribution is 2.38. The van der Waals surface area contributed by atoms with E-state index in [4.69, 9.17) is 0 Å². The monoisotopic (exact) mass is 280 g/mol. The van der Waals surface area contributed by atoms with Gasteiger partial charge in [-0.1, -0.05) is 19.8 Å². The Bertz CT molecular complexity index is 465. The Morgan fingerprint density at radius 1 is 1.15 bits per heavy atom. The van der Waals surface area contributed by atoms with Crippen molar-refractivity contribution < 1.29 is 13.6 Å². The third-order valence-corrected chi connectivity index (χ3v) is 4.43. The zero-order valence-corrected chi connectivity index (χ0v) is 12.2. The maximum absolute atomic E-state index is 13.9. The third kappa shape index (κ3) is 3.25. The average molecular weight is 280 g/mol. The first-order valence-electron chi connectivity index (χ1n) is 7.52. The number of halogens is 2. The first-order valence-corrected chi connectivity index (χ1v) is 7.52. The van der Waals surface area contributed by atoms with E-state index in [1.165, 1.54) is 31.9 Å². The van der Waals surface area contributed by atoms with Gasteiger partial charge in [-0.05, 0) is 62.1 Å². The Labute approximate surface area is 119 Å². The number of ketones is 1. The number of benzene rings is 1. The molecule has 1 aliphatic rings. The van der Waals surface area contributed by atoms with E-state index in [1.54, 1.807) is 0 Å². The fourth-order valence-corrected chi connectivity index (χ4v) is 3.36. The lowest BCUT2D eigenvalue weighted by Crippen LogP contribution is -2.14. The largest absolute Gasteiger partial charge is 0.294 e. The van der Waals surface area contributed by atoms with Gasteiger partial charge in [0.1, 0.15) is 11.6 Å². The Morgan fingerprint density at radius 3 is 2.15 bits per heavy atom. The normalized spacial score (nSPS) is 22.8. The number of hydrogen-bond acceptors (Lipinski definition) is 1. The SMILES string of the molecule is CCCC1CCC(c2cc(F)c(C(C)=O)c(F)c2)CC1. The average Bonchev–Trinajstić information content (AvgIpc) is 2.38. The minimum absolute atomic E-state index is 0.230. The maximum Gasteiger partial charge on any atom is 0.165 e. The number of carbonyl (C=O) groups is 1. The summed E-state index contributed by atoms with van der Waals surface area (Å²) in [5.41, 5.74) is 0.299. The molecular weight excluding hydrogens is 258 g/mol. The molecular formula is C17H22F2O. The van der Waals surface area contributed by atoms with Crippen molar-refractivity contribution >= 4 is 5.78 Å². The van der Waals surface area contributed by atoms with Gasteiger partial charge in [0.25, 0.3) is 0 Å². The molecule has 1 saturated carbocycles. The molecule has 1 nitrogen and oxygen atoms in total. The van der Waals surface area contributed by atoms with Gasteiger partial charge in [0, 0.05) is 0 Å². The zero-order valence-electron chi connectivity index (χ0n) is 12.2. The molecule has 1 aliphatic carbocycles. The predicted octanol–water partition coefficient (Wildman–Crippen LogP) is 5.24. The van der Waals surface area contributed by atoms with E-state index in [0.29, 0.717) is 5.56 Å². The summed E-state index contributed by atoms with van der Waals surface area (Å²) in [6.45, 7) is 3.38. The molecule has 110 valence electrons. The number of carbonyl (C=O) groups excluding carboxylic acids is 1. The number of Topliss-reactive ketones (excluding diaryl/α,β-unsaturated/α-hetero) is 1. The molecule has 0 saturated heterocycles. The second kappa shape index (κ2) is 6.47. The lowest BCUT2D eigenvalue weighted by molar-refractivity contribution is 0.100. The topological polar surface area (TPSA) is 17.1 Å². The van der Waals surface area contributed by atoms with Crippen LogP contribution in [-0.2, 0) is 0 Å². The highest BCUT2D eigenvalue weighted by Gasteiger charge is 2.24. The molecule has 3 heteroatoms. The molecule has 0 aliphatic heterocycles. The molecule has 0 aromatic heterocycles. The summed E-state index contributed by atoms with van der Waals surface area (Å²) in [7, 11) is 0. The second-order valence-electron chi connectivity index (χ2n) is 5.92. The third-order valence-electron chi connectivity index (χ3n) is 4.43. The van der Waals surface area contributed by atoms with Crippen molar-refractivity contribution in [1.82, 2.24) is 0 Å². The number of hydrogen-bond donors (Lipinski definition) is 0. The van der Waals surface area contributed by atoms with Gasteiger partial charge in [-0.25, -0.2) is 8.78 Å². The van der Waals surface area contributed by atoms with Crippen molar-refractivity contribution in [1.29, 1.82) is 0 Å². The molecule has 0 N–H and O–H groups in total. The molecule has 1 fully saturated rings. The number of rotatable bonds is 4. The van der Waals surface area contributed by atoms with Crippen molar-refractivity contribution in [2.45, 2.75) is 58.3 Å². The molecule has 0 atom stereocenters. The van der Waals surface area contributed by atoms with Crippen molar-refractivity contribution in [3.8, 4) is 0 Å². The summed E-state index contributed by atoms with van der Waals surface area (Å²) in [6, 6.07) is 2.70. The Hall–Kier alpha value is -1.25. The molecule has 0 heterocycles. The van der Waals surface area contributed by atoms with Gasteiger partial charge in [-0.2, -0.15) is 0 Å². The van der Waals surface area contributed by atoms with Crippen molar-refractivity contribution in [3.05, 3.63) is 34.9 Å². The van der Waals surface area contributed by atoms with E-state index < -0.39 is 23.0 Å². The Morgan fingerprint density at radius 2 is 1.70 bits per heavy atom. The van der Waals surface area contributed by atoms with Gasteiger partial charge in [-0.3, -0.25) is 4.79 Å². The minimum Gasteiger partial charge on any atom is -0.294 e. The van der Waals surface area contributed by atoms with Crippen LogP contribution >= 0.6 is 0 Å². The Kier molecular flexibility index (Phi) is 4.90. The van der Waals surface area contributed by atoms with Crippen LogP contribution in [0.3, 0.4) is 0 Å². The van der Waals surface area contributed by atoms with E-state index >= 15 is 0 Å². The molecule has 0 spiro atoms. The van der Waals surface area contributed by atoms with E-state index in [1.807, 2.05) is 0 Å². The standard InChI is InChI=1S/C17H22F2O/c1-3-4-12-5-7-13(8-6-12)14-9-15(18)17(11(2)20)16(19)10-14/h9-10,12-13H,3-8H2,1-2H3. The molecule has 1 aromatic carbocycles. The Balaban J connectivity index is 2.13. The van der Waals surface area contributed by atoms with Crippen LogP contribution in [0.25, 0.3) is 0 Å². The fraction of sp³-hybridized carbons (Fsp3) is 0.588. The summed E-state index contributed by atoms with van der Waals surface area (Å²) in [6.07, 6.45) is 6.70. The highest BCUT2D eigenvalue weighted by molar-refractivity contribution is 5.94. The van der Waals surface area contributed by atoms with Crippen LogP contribution in [0.1, 0.15) is 74.2 Å². The molecule has 0 amide bonds. The predicted molar refractivity (Wildman–Crippen MR) is 76.0 cm³/mol. The van der Waals surface area contributed by atoms with Crippen LogP contribution in [0, 0.1) is 17.6 Å². The first-order chi connectivity index (χ1) is 9.52. The summed E-state index contributed by atoms with van der Waals surface area (Å²) >= 11 is 0. The van der Waals surface area contributed by atoms with Crippen molar-refractivity contribution in [2.24, 2.45) is 5.92 Å². The van der Waals surface area contributed by atoms with Crippen LogP contribution in [0.4, 0.5) is 8.78 Å². The van der Waals surface area contributed by atoms with Crippen LogP contribution < -0.4 is 0 Å². The van der Waals surface area contributed by atoms with Crippen LogP contribution in [0.2, 0.25) is 0 Å². The molecule has 0 radical (unpaired) electrons. The van der Waals surface area contributed by atoms with E-state index in [0.717, 1.165) is 31.6 Å². The summed E-state index contributed by atoms with van der Waals surface area (Å²) in [5, 5.41) is 0. The fourth-order valence-electron chi connectivity index (χ4n) is 3.36. The molecule has 2 rings (SSSR count). The van der Waals surface area contributed by atoms with Crippen LogP contribution in [-0.4, -0.2) is 5.78 Å². The van der Waals surface area contributed by atoms with Crippen LogP contribution in [0.5, 0.6) is 0 Å². The molecule has 0 unspecified atom stereocenters. The summed E-state index contributed by atoms with van der Waals surface area (Å²) in [5.74, 6) is -1.000. The molecule has 1 aromatic rings. The van der Waals surface area contributed by atoms with Gasteiger partial charge < -0.3 is 0 Å². The lowest BCUT2D eigenvalue weighted by Gasteiger charge is -2.28. The summed E-state index contributed by atoms with van der Waals surface area (Å²) < 4.78 is 27.7. The van der Waals surface area contributed by atoms with Gasteiger partial charge in [0.2, 0.25) is 0 Å². The summed E-state index contributed by atoms with van der Waals surface area (Å²) in [4.78, 5) is 11.2. The van der Waals surface area contributed by atoms with Crippen molar-refractivity contribution in [3.63, 3.8) is 0 Å². The minimum atomic E-state index is -0.719. The molecule has 20 heavy (non-hydrogen) atoms. The molecule has 0 bridgehead atoms. The van der Waals surface area contributed by atoms with Gasteiger partial charge in [-0.15, -0.1) is 0 Å². The van der Waals surface area contributed by atoms with Crippen LogP contribution in [0.15, 0.2) is 12.1 Å². The maximum atomic E-state index is 13.9. The smallest absolute Gasteiger partial charge is 0.165 e. The van der Waals surface area contributed by atoms with Gasteiger partial charge in [0.15, 0.2) is 5.78 Å². The highest BCUT2D eigenvalue weighted by atomic mass is 19.1. The van der Waals surface area contributed by atoms with E-state index in [9.17, 15) is 13.6 Å². The first kappa shape index (κ1) is 15.1. The van der Waals surface area contributed by atoms with Gasteiger partial charge in [0.05, 0.1) is 5.56 Å². The quantitative estimate of drug-likeness (QED) is 0.689. The van der Waals surface area contributed by atoms with Gasteiger partial charge >= 0.3 is 0 Å². The van der Waals surface area contributed by atoms with Crippen molar-refractivity contribution in [2.75, 3.05) is 0 Å². The lowest BCUT2D eigenvalue weighted by atomic mass is 9.77.